The fraction of sp³-hybridized carbons (Fsp3) is 0.222. The Balaban J connectivity index is 1.89. The number of nitrogens with zero attached hydrogens (tertiary/aromatic N) is 2. The molecular formula is C18H18N4O2S2. The summed E-state index contributed by atoms with van der Waals surface area (Å²) in [6.45, 7) is 5.68. The van der Waals surface area contributed by atoms with E-state index < -0.39 is 0 Å². The molecule has 0 radical (unpaired) electrons. The van der Waals surface area contributed by atoms with Crippen molar-refractivity contribution in [3.05, 3.63) is 46.8 Å². The number of hydrogen-bond donors (Lipinski definition) is 2. The molecule has 0 bridgehead atoms. The third-order valence-electron chi connectivity index (χ3n) is 3.66. The highest BCUT2D eigenvalue weighted by molar-refractivity contribution is 8.01. The Morgan fingerprint density at radius 1 is 1.19 bits per heavy atom. The lowest BCUT2D eigenvalue weighted by Crippen LogP contribution is -2.13. The van der Waals surface area contributed by atoms with Crippen LogP contribution in [0.4, 0.5) is 5.13 Å². The van der Waals surface area contributed by atoms with Crippen LogP contribution >= 0.6 is 23.1 Å². The minimum Gasteiger partial charge on any atom is -0.369 e. The Bertz CT molecular complexity index is 1010. The smallest absolute Gasteiger partial charge is 0.258 e. The molecule has 26 heavy (non-hydrogen) atoms. The minimum atomic E-state index is -0.387. The molecule has 0 unspecified atom stereocenters. The molecule has 0 saturated heterocycles. The summed E-state index contributed by atoms with van der Waals surface area (Å²) in [6, 6.07) is 7.63. The number of fused-ring (bicyclic) bond motifs is 1. The molecule has 2 heterocycles. The first-order valence-corrected chi connectivity index (χ1v) is 9.71. The second-order valence-electron chi connectivity index (χ2n) is 5.93. The first-order valence-electron chi connectivity index (χ1n) is 7.91. The molecule has 0 aliphatic rings. The predicted octanol–water partition coefficient (Wildman–Crippen LogP) is 3.45. The number of benzene rings is 1. The number of hydrogen-bond acceptors (Lipinski definition) is 6. The zero-order chi connectivity index (χ0) is 18.8. The van der Waals surface area contributed by atoms with Gasteiger partial charge in [0, 0.05) is 11.1 Å². The molecule has 1 aromatic carbocycles. The summed E-state index contributed by atoms with van der Waals surface area (Å²) >= 11 is 2.66. The fourth-order valence-electron chi connectivity index (χ4n) is 2.53. The number of aryl methyl sites for hydroxylation is 3. The molecule has 2 amide bonds. The Morgan fingerprint density at radius 2 is 1.96 bits per heavy atom. The van der Waals surface area contributed by atoms with Crippen molar-refractivity contribution < 1.29 is 9.59 Å². The standard InChI is InChI=1S/C18H18N4O2S2/c1-9-4-5-14-12(6-9)13(7-10(2)20-14)16(24)22-18-21-11(3)17(26-18)25-8-15(19)23/h4-7H,8H2,1-3H3,(H2,19,23)(H,21,22,24). The van der Waals surface area contributed by atoms with Crippen LogP contribution in [0.1, 0.15) is 27.3 Å². The average Bonchev–Trinajstić information content (AvgIpc) is 2.92. The molecule has 0 saturated carbocycles. The lowest BCUT2D eigenvalue weighted by molar-refractivity contribution is -0.115. The Hall–Kier alpha value is -2.45. The van der Waals surface area contributed by atoms with Crippen LogP contribution in [0.15, 0.2) is 28.5 Å². The molecule has 0 fully saturated rings. The zero-order valence-electron chi connectivity index (χ0n) is 14.6. The van der Waals surface area contributed by atoms with Crippen molar-refractivity contribution in [1.29, 1.82) is 0 Å². The lowest BCUT2D eigenvalue weighted by Gasteiger charge is -2.08. The van der Waals surface area contributed by atoms with Gasteiger partial charge in [0.2, 0.25) is 5.91 Å². The highest BCUT2D eigenvalue weighted by Gasteiger charge is 2.16. The Kier molecular flexibility index (Phi) is 5.24. The Labute approximate surface area is 159 Å². The summed E-state index contributed by atoms with van der Waals surface area (Å²) in [5.74, 6) is -0.432. The molecule has 6 nitrogen and oxygen atoms in total. The van der Waals surface area contributed by atoms with Gasteiger partial charge in [0.15, 0.2) is 5.13 Å². The van der Waals surface area contributed by atoms with Gasteiger partial charge in [0.1, 0.15) is 0 Å². The summed E-state index contributed by atoms with van der Waals surface area (Å²) in [7, 11) is 0. The van der Waals surface area contributed by atoms with Gasteiger partial charge in [0.05, 0.1) is 26.7 Å². The third-order valence-corrected chi connectivity index (χ3v) is 6.11. The predicted molar refractivity (Wildman–Crippen MR) is 106 cm³/mol. The van der Waals surface area contributed by atoms with E-state index >= 15 is 0 Å². The maximum absolute atomic E-state index is 12.8. The van der Waals surface area contributed by atoms with Crippen LogP contribution in [-0.2, 0) is 4.79 Å². The van der Waals surface area contributed by atoms with Crippen molar-refractivity contribution in [2.75, 3.05) is 11.1 Å². The number of nitrogens with two attached hydrogens (primary N) is 1. The van der Waals surface area contributed by atoms with E-state index in [1.54, 1.807) is 6.07 Å². The van der Waals surface area contributed by atoms with Crippen LogP contribution in [0.5, 0.6) is 0 Å². The number of carbonyl (C=O) groups is 2. The van der Waals surface area contributed by atoms with E-state index in [9.17, 15) is 9.59 Å². The number of aromatic nitrogens is 2. The van der Waals surface area contributed by atoms with E-state index in [4.69, 9.17) is 5.73 Å². The maximum atomic E-state index is 12.8. The van der Waals surface area contributed by atoms with Crippen molar-refractivity contribution >= 4 is 50.9 Å². The summed E-state index contributed by atoms with van der Waals surface area (Å²) < 4.78 is 0.866. The van der Waals surface area contributed by atoms with Gasteiger partial charge in [-0.2, -0.15) is 0 Å². The average molecular weight is 387 g/mol. The molecule has 134 valence electrons. The number of thioether (sulfide) groups is 1. The molecule has 8 heteroatoms. The minimum absolute atomic E-state index is 0.184. The number of carbonyl (C=O) groups excluding carboxylic acids is 2. The van der Waals surface area contributed by atoms with E-state index in [1.807, 2.05) is 39.0 Å². The largest absolute Gasteiger partial charge is 0.369 e. The van der Waals surface area contributed by atoms with Crippen molar-refractivity contribution in [3.63, 3.8) is 0 Å². The number of pyridine rings is 1. The molecule has 0 aliphatic heterocycles. The zero-order valence-corrected chi connectivity index (χ0v) is 16.3. The van der Waals surface area contributed by atoms with Crippen LogP contribution < -0.4 is 11.1 Å². The summed E-state index contributed by atoms with van der Waals surface area (Å²) in [6.07, 6.45) is 0. The third kappa shape index (κ3) is 4.03. The highest BCUT2D eigenvalue weighted by atomic mass is 32.2. The van der Waals surface area contributed by atoms with Crippen LogP contribution in [0, 0.1) is 20.8 Å². The SMILES string of the molecule is Cc1ccc2nc(C)cc(C(=O)Nc3nc(C)c(SCC(N)=O)s3)c2c1. The number of rotatable bonds is 5. The van der Waals surface area contributed by atoms with Crippen LogP contribution in [0.2, 0.25) is 0 Å². The van der Waals surface area contributed by atoms with Crippen molar-refractivity contribution in [1.82, 2.24) is 9.97 Å². The van der Waals surface area contributed by atoms with Gasteiger partial charge in [-0.3, -0.25) is 19.9 Å². The summed E-state index contributed by atoms with van der Waals surface area (Å²) in [5, 5.41) is 4.16. The molecule has 0 aliphatic carbocycles. The monoisotopic (exact) mass is 386 g/mol. The van der Waals surface area contributed by atoms with Gasteiger partial charge >= 0.3 is 0 Å². The summed E-state index contributed by atoms with van der Waals surface area (Å²) in [4.78, 5) is 32.6. The lowest BCUT2D eigenvalue weighted by atomic mass is 10.0. The van der Waals surface area contributed by atoms with Crippen molar-refractivity contribution in [2.24, 2.45) is 5.73 Å². The van der Waals surface area contributed by atoms with Gasteiger partial charge in [-0.25, -0.2) is 4.98 Å². The van der Waals surface area contributed by atoms with Crippen molar-refractivity contribution in [3.8, 4) is 0 Å². The molecule has 0 atom stereocenters. The van der Waals surface area contributed by atoms with E-state index in [-0.39, 0.29) is 17.6 Å². The molecular weight excluding hydrogens is 368 g/mol. The van der Waals surface area contributed by atoms with Gasteiger partial charge in [-0.05, 0) is 39.0 Å². The van der Waals surface area contributed by atoms with Crippen LogP contribution in [0.25, 0.3) is 10.9 Å². The number of amides is 2. The molecule has 2 aromatic heterocycles. The van der Waals surface area contributed by atoms with Crippen molar-refractivity contribution in [2.45, 2.75) is 25.0 Å². The number of primary amides is 1. The first-order chi connectivity index (χ1) is 12.3. The summed E-state index contributed by atoms with van der Waals surface area (Å²) in [5.41, 5.74) is 9.14. The normalized spacial score (nSPS) is 10.9. The first kappa shape index (κ1) is 18.3. The fourth-order valence-corrected chi connectivity index (χ4v) is 4.40. The molecule has 3 aromatic rings. The number of anilines is 1. The van der Waals surface area contributed by atoms with E-state index in [0.717, 1.165) is 32.1 Å². The van der Waals surface area contributed by atoms with Gasteiger partial charge in [-0.1, -0.05) is 23.0 Å². The maximum Gasteiger partial charge on any atom is 0.258 e. The van der Waals surface area contributed by atoms with Gasteiger partial charge in [0.25, 0.3) is 5.91 Å². The second kappa shape index (κ2) is 7.43. The number of thiazole rings is 1. The molecule has 0 spiro atoms. The second-order valence-corrected chi connectivity index (χ2v) is 8.18. The van der Waals surface area contributed by atoms with Gasteiger partial charge in [-0.15, -0.1) is 11.8 Å². The highest BCUT2D eigenvalue weighted by Crippen LogP contribution is 2.32. The number of nitrogens with one attached hydrogen (secondary N) is 1. The van der Waals surface area contributed by atoms with E-state index in [2.05, 4.69) is 15.3 Å². The Morgan fingerprint density at radius 3 is 2.69 bits per heavy atom. The molecule has 3 rings (SSSR count). The van der Waals surface area contributed by atoms with Gasteiger partial charge < -0.3 is 5.73 Å². The van der Waals surface area contributed by atoms with E-state index in [0.29, 0.717) is 10.7 Å². The quantitative estimate of drug-likeness (QED) is 0.655. The van der Waals surface area contributed by atoms with Crippen LogP contribution in [0.3, 0.4) is 0 Å². The topological polar surface area (TPSA) is 98.0 Å². The van der Waals surface area contributed by atoms with Crippen LogP contribution in [-0.4, -0.2) is 27.5 Å². The molecule has 3 N–H and O–H groups in total. The van der Waals surface area contributed by atoms with E-state index in [1.165, 1.54) is 23.1 Å².